The highest BCUT2D eigenvalue weighted by atomic mass is 32.1. The summed E-state index contributed by atoms with van der Waals surface area (Å²) in [7, 11) is 0. The lowest BCUT2D eigenvalue weighted by Crippen LogP contribution is -2.21. The van der Waals surface area contributed by atoms with Crippen LogP contribution in [0.25, 0.3) is 9.88 Å². The summed E-state index contributed by atoms with van der Waals surface area (Å²) in [6.07, 6.45) is 0.523. The van der Waals surface area contributed by atoms with Crippen molar-refractivity contribution in [2.24, 2.45) is 0 Å². The van der Waals surface area contributed by atoms with E-state index in [0.29, 0.717) is 13.0 Å². The van der Waals surface area contributed by atoms with Gasteiger partial charge in [0.15, 0.2) is 0 Å². The van der Waals surface area contributed by atoms with Crippen LogP contribution in [0.15, 0.2) is 17.5 Å². The Balaban J connectivity index is 2.11. The molecule has 0 aliphatic heterocycles. The fraction of sp³-hybridized carbons (Fsp3) is 0.333. The first-order valence-electron chi connectivity index (χ1n) is 5.47. The summed E-state index contributed by atoms with van der Waals surface area (Å²) in [6.45, 7) is 4.43. The van der Waals surface area contributed by atoms with E-state index in [2.05, 4.69) is 16.4 Å². The van der Waals surface area contributed by atoms with Crippen molar-refractivity contribution >= 4 is 28.6 Å². The van der Waals surface area contributed by atoms with Crippen LogP contribution in [0.2, 0.25) is 0 Å². The van der Waals surface area contributed by atoms with Crippen molar-refractivity contribution in [2.45, 2.75) is 26.8 Å². The molecule has 0 aliphatic carbocycles. The summed E-state index contributed by atoms with van der Waals surface area (Å²) >= 11 is 3.34. The summed E-state index contributed by atoms with van der Waals surface area (Å²) in [5.41, 5.74) is 1.01. The minimum atomic E-state index is 0.0791. The summed E-state index contributed by atoms with van der Waals surface area (Å²) in [5.74, 6) is 0.0791. The molecular weight excluding hydrogens is 252 g/mol. The quantitative estimate of drug-likeness (QED) is 0.923. The number of aromatic nitrogens is 1. The second-order valence-corrected chi connectivity index (χ2v) is 5.67. The molecule has 0 unspecified atom stereocenters. The normalized spacial score (nSPS) is 10.5. The predicted octanol–water partition coefficient (Wildman–Crippen LogP) is 3.21. The predicted molar refractivity (Wildman–Crippen MR) is 72.3 cm³/mol. The highest BCUT2D eigenvalue weighted by molar-refractivity contribution is 7.21. The maximum atomic E-state index is 11.2. The molecule has 0 saturated carbocycles. The molecule has 0 fully saturated rings. The van der Waals surface area contributed by atoms with Gasteiger partial charge in [-0.05, 0) is 18.4 Å². The zero-order chi connectivity index (χ0) is 12.3. The largest absolute Gasteiger partial charge is 0.351 e. The van der Waals surface area contributed by atoms with E-state index in [1.807, 2.05) is 25.3 Å². The molecule has 2 rings (SSSR count). The molecule has 0 atom stereocenters. The van der Waals surface area contributed by atoms with Gasteiger partial charge >= 0.3 is 0 Å². The molecule has 5 heteroatoms. The van der Waals surface area contributed by atoms with Crippen LogP contribution in [-0.2, 0) is 11.3 Å². The number of thiazole rings is 1. The first-order valence-corrected chi connectivity index (χ1v) is 7.17. The van der Waals surface area contributed by atoms with Gasteiger partial charge in [0.1, 0.15) is 5.01 Å². The van der Waals surface area contributed by atoms with Gasteiger partial charge in [0.05, 0.1) is 17.1 Å². The minimum absolute atomic E-state index is 0.0791. The Morgan fingerprint density at radius 2 is 2.35 bits per heavy atom. The van der Waals surface area contributed by atoms with Crippen molar-refractivity contribution in [1.82, 2.24) is 10.3 Å². The lowest BCUT2D eigenvalue weighted by molar-refractivity contribution is -0.120. The SMILES string of the molecule is CCC(=O)NCc1sc(-c2cccs2)nc1C. The number of aryl methyl sites for hydroxylation is 1. The number of carbonyl (C=O) groups is 1. The lowest BCUT2D eigenvalue weighted by atomic mass is 10.3. The third kappa shape index (κ3) is 2.92. The first-order chi connectivity index (χ1) is 8.20. The molecule has 0 saturated heterocycles. The average molecular weight is 266 g/mol. The van der Waals surface area contributed by atoms with Gasteiger partial charge in [-0.2, -0.15) is 0 Å². The number of nitrogens with zero attached hydrogens (tertiary/aromatic N) is 1. The number of thiophene rings is 1. The number of hydrogen-bond donors (Lipinski definition) is 1. The zero-order valence-corrected chi connectivity index (χ0v) is 11.5. The van der Waals surface area contributed by atoms with Gasteiger partial charge in [-0.25, -0.2) is 4.98 Å². The van der Waals surface area contributed by atoms with Crippen LogP contribution in [0.1, 0.15) is 23.9 Å². The maximum Gasteiger partial charge on any atom is 0.220 e. The summed E-state index contributed by atoms with van der Waals surface area (Å²) in [6, 6.07) is 4.09. The summed E-state index contributed by atoms with van der Waals surface area (Å²) in [5, 5.41) is 5.97. The van der Waals surface area contributed by atoms with Crippen molar-refractivity contribution in [3.05, 3.63) is 28.1 Å². The molecule has 1 amide bonds. The van der Waals surface area contributed by atoms with Crippen molar-refractivity contribution in [3.63, 3.8) is 0 Å². The van der Waals surface area contributed by atoms with Crippen LogP contribution in [-0.4, -0.2) is 10.9 Å². The molecule has 0 aliphatic rings. The Morgan fingerprint density at radius 3 is 3.00 bits per heavy atom. The molecule has 3 nitrogen and oxygen atoms in total. The molecular formula is C12H14N2OS2. The van der Waals surface area contributed by atoms with Gasteiger partial charge in [-0.1, -0.05) is 13.0 Å². The van der Waals surface area contributed by atoms with Gasteiger partial charge in [-0.3, -0.25) is 4.79 Å². The number of nitrogens with one attached hydrogen (secondary N) is 1. The number of hydrogen-bond acceptors (Lipinski definition) is 4. The third-order valence-corrected chi connectivity index (χ3v) is 4.59. The van der Waals surface area contributed by atoms with Crippen molar-refractivity contribution in [3.8, 4) is 9.88 Å². The van der Waals surface area contributed by atoms with Gasteiger partial charge in [0, 0.05) is 11.3 Å². The van der Waals surface area contributed by atoms with E-state index < -0.39 is 0 Å². The van der Waals surface area contributed by atoms with E-state index in [0.717, 1.165) is 15.6 Å². The zero-order valence-electron chi connectivity index (χ0n) is 9.82. The standard InChI is InChI=1S/C12H14N2OS2/c1-3-11(15)13-7-10-8(2)14-12(17-10)9-5-4-6-16-9/h4-6H,3,7H2,1-2H3,(H,13,15). The smallest absolute Gasteiger partial charge is 0.220 e. The van der Waals surface area contributed by atoms with Crippen LogP contribution >= 0.6 is 22.7 Å². The molecule has 0 radical (unpaired) electrons. The van der Waals surface area contributed by atoms with Crippen LogP contribution in [0.3, 0.4) is 0 Å². The monoisotopic (exact) mass is 266 g/mol. The number of rotatable bonds is 4. The first kappa shape index (κ1) is 12.3. The topological polar surface area (TPSA) is 42.0 Å². The highest BCUT2D eigenvalue weighted by Gasteiger charge is 2.10. The Morgan fingerprint density at radius 1 is 1.53 bits per heavy atom. The van der Waals surface area contributed by atoms with Crippen LogP contribution in [0.5, 0.6) is 0 Å². The summed E-state index contributed by atoms with van der Waals surface area (Å²) in [4.78, 5) is 18.1. The number of carbonyl (C=O) groups excluding carboxylic acids is 1. The van der Waals surface area contributed by atoms with Crippen molar-refractivity contribution in [1.29, 1.82) is 0 Å². The fourth-order valence-corrected chi connectivity index (χ4v) is 3.20. The second-order valence-electron chi connectivity index (χ2n) is 3.64. The molecule has 2 aromatic rings. The molecule has 0 spiro atoms. The highest BCUT2D eigenvalue weighted by Crippen LogP contribution is 2.30. The van der Waals surface area contributed by atoms with Crippen LogP contribution in [0.4, 0.5) is 0 Å². The van der Waals surface area contributed by atoms with E-state index in [9.17, 15) is 4.79 Å². The third-order valence-electron chi connectivity index (χ3n) is 2.39. The van der Waals surface area contributed by atoms with Crippen molar-refractivity contribution < 1.29 is 4.79 Å². The van der Waals surface area contributed by atoms with E-state index in [1.165, 1.54) is 4.88 Å². The van der Waals surface area contributed by atoms with E-state index >= 15 is 0 Å². The Bertz CT molecular complexity index is 503. The molecule has 2 aromatic heterocycles. The molecule has 0 bridgehead atoms. The van der Waals surface area contributed by atoms with Crippen LogP contribution < -0.4 is 5.32 Å². The second kappa shape index (κ2) is 5.42. The molecule has 0 aromatic carbocycles. The van der Waals surface area contributed by atoms with E-state index in [1.54, 1.807) is 22.7 Å². The average Bonchev–Trinajstić information content (AvgIpc) is 2.95. The lowest BCUT2D eigenvalue weighted by Gasteiger charge is -2.00. The molecule has 17 heavy (non-hydrogen) atoms. The Kier molecular flexibility index (Phi) is 3.91. The summed E-state index contributed by atoms with van der Waals surface area (Å²) < 4.78 is 0. The molecule has 2 heterocycles. The van der Waals surface area contributed by atoms with Gasteiger partial charge < -0.3 is 5.32 Å². The van der Waals surface area contributed by atoms with E-state index in [-0.39, 0.29) is 5.91 Å². The Labute approximate surface area is 109 Å². The minimum Gasteiger partial charge on any atom is -0.351 e. The van der Waals surface area contributed by atoms with E-state index in [4.69, 9.17) is 0 Å². The van der Waals surface area contributed by atoms with Crippen LogP contribution in [0, 0.1) is 6.92 Å². The number of amides is 1. The van der Waals surface area contributed by atoms with Gasteiger partial charge in [0.25, 0.3) is 0 Å². The van der Waals surface area contributed by atoms with Gasteiger partial charge in [-0.15, -0.1) is 22.7 Å². The molecule has 90 valence electrons. The van der Waals surface area contributed by atoms with Gasteiger partial charge in [0.2, 0.25) is 5.91 Å². The molecule has 1 N–H and O–H groups in total. The van der Waals surface area contributed by atoms with Crippen molar-refractivity contribution in [2.75, 3.05) is 0 Å². The fourth-order valence-electron chi connectivity index (χ4n) is 1.40. The Hall–Kier alpha value is -1.20. The maximum absolute atomic E-state index is 11.2.